The summed E-state index contributed by atoms with van der Waals surface area (Å²) in [6.45, 7) is 1.96. The smallest absolute Gasteiger partial charge is 0.471 e. The second kappa shape index (κ2) is 8.73. The van der Waals surface area contributed by atoms with E-state index in [-0.39, 0.29) is 6.54 Å². The highest BCUT2D eigenvalue weighted by Crippen LogP contribution is 2.19. The molecule has 1 aliphatic heterocycles. The van der Waals surface area contributed by atoms with Crippen LogP contribution in [0.2, 0.25) is 0 Å². The van der Waals surface area contributed by atoms with Gasteiger partial charge < -0.3 is 14.8 Å². The highest BCUT2D eigenvalue weighted by Gasteiger charge is 2.37. The van der Waals surface area contributed by atoms with Crippen LogP contribution in [0.25, 0.3) is 6.08 Å². The lowest BCUT2D eigenvalue weighted by Crippen LogP contribution is -2.36. The Kier molecular flexibility index (Phi) is 6.66. The van der Waals surface area contributed by atoms with Crippen LogP contribution in [-0.4, -0.2) is 38.4 Å². The Morgan fingerprint density at radius 2 is 2.08 bits per heavy atom. The van der Waals surface area contributed by atoms with E-state index in [0.29, 0.717) is 18.3 Å². The molecule has 24 heavy (non-hydrogen) atoms. The zero-order valence-corrected chi connectivity index (χ0v) is 13.1. The van der Waals surface area contributed by atoms with Crippen LogP contribution in [0.5, 0.6) is 5.75 Å². The van der Waals surface area contributed by atoms with Crippen LogP contribution in [-0.2, 0) is 9.53 Å². The lowest BCUT2D eigenvalue weighted by Gasteiger charge is -2.22. The van der Waals surface area contributed by atoms with Gasteiger partial charge in [-0.15, -0.1) is 0 Å². The standard InChI is InChI=1S/C17H20F3NO3/c18-17(19,20)16(22)21-8-2-4-13-3-1-5-15(11-13)24-12-14-6-9-23-10-7-14/h1-5,11,14H,6-10,12H2,(H,21,22). The van der Waals surface area contributed by atoms with Crippen LogP contribution in [0, 0.1) is 5.92 Å². The summed E-state index contributed by atoms with van der Waals surface area (Å²) < 4.78 is 47.2. The average Bonchev–Trinajstić information content (AvgIpc) is 2.57. The van der Waals surface area contributed by atoms with Crippen molar-refractivity contribution >= 4 is 12.0 Å². The van der Waals surface area contributed by atoms with Gasteiger partial charge in [-0.2, -0.15) is 13.2 Å². The fourth-order valence-corrected chi connectivity index (χ4v) is 2.28. The molecule has 0 atom stereocenters. The van der Waals surface area contributed by atoms with Crippen LogP contribution in [0.3, 0.4) is 0 Å². The first-order valence-corrected chi connectivity index (χ1v) is 7.77. The predicted molar refractivity (Wildman–Crippen MR) is 83.6 cm³/mol. The zero-order valence-electron chi connectivity index (χ0n) is 13.1. The molecule has 7 heteroatoms. The molecule has 1 aromatic rings. The topological polar surface area (TPSA) is 47.6 Å². The van der Waals surface area contributed by atoms with Crippen molar-refractivity contribution < 1.29 is 27.4 Å². The van der Waals surface area contributed by atoms with Crippen molar-refractivity contribution in [3.63, 3.8) is 0 Å². The van der Waals surface area contributed by atoms with Gasteiger partial charge in [-0.1, -0.05) is 24.3 Å². The number of ether oxygens (including phenoxy) is 2. The molecule has 0 aliphatic carbocycles. The quantitative estimate of drug-likeness (QED) is 0.863. The van der Waals surface area contributed by atoms with Gasteiger partial charge in [0.25, 0.3) is 0 Å². The highest BCUT2D eigenvalue weighted by molar-refractivity contribution is 5.81. The minimum absolute atomic E-state index is 0.189. The normalized spacial score (nSPS) is 16.3. The molecule has 1 heterocycles. The molecular formula is C17H20F3NO3. The zero-order chi connectivity index (χ0) is 17.4. The highest BCUT2D eigenvalue weighted by atomic mass is 19.4. The number of nitrogens with one attached hydrogen (secondary N) is 1. The summed E-state index contributed by atoms with van der Waals surface area (Å²) in [5, 5.41) is 1.78. The van der Waals surface area contributed by atoms with E-state index in [2.05, 4.69) is 0 Å². The van der Waals surface area contributed by atoms with E-state index in [9.17, 15) is 18.0 Å². The minimum atomic E-state index is -4.86. The third kappa shape index (κ3) is 6.23. The monoisotopic (exact) mass is 343 g/mol. The van der Waals surface area contributed by atoms with Crippen molar-refractivity contribution in [1.29, 1.82) is 0 Å². The lowest BCUT2D eigenvalue weighted by atomic mass is 10.0. The van der Waals surface area contributed by atoms with Crippen molar-refractivity contribution in [2.45, 2.75) is 19.0 Å². The van der Waals surface area contributed by atoms with Crippen molar-refractivity contribution in [2.75, 3.05) is 26.4 Å². The van der Waals surface area contributed by atoms with Crippen molar-refractivity contribution in [3.8, 4) is 5.75 Å². The number of hydrogen-bond donors (Lipinski definition) is 1. The number of amides is 1. The summed E-state index contributed by atoms with van der Waals surface area (Å²) in [6, 6.07) is 7.26. The van der Waals surface area contributed by atoms with E-state index < -0.39 is 12.1 Å². The summed E-state index contributed by atoms with van der Waals surface area (Å²) in [5.74, 6) is -0.751. The molecule has 0 saturated carbocycles. The van der Waals surface area contributed by atoms with Gasteiger partial charge in [0.05, 0.1) is 6.61 Å². The molecule has 0 bridgehead atoms. The van der Waals surface area contributed by atoms with Crippen LogP contribution >= 0.6 is 0 Å². The molecule has 1 N–H and O–H groups in total. The number of rotatable bonds is 6. The number of alkyl halides is 3. The maximum Gasteiger partial charge on any atom is 0.471 e. The van der Waals surface area contributed by atoms with Crippen LogP contribution < -0.4 is 10.1 Å². The van der Waals surface area contributed by atoms with Crippen LogP contribution in [0.1, 0.15) is 18.4 Å². The van der Waals surface area contributed by atoms with E-state index in [0.717, 1.165) is 31.6 Å². The van der Waals surface area contributed by atoms with Crippen molar-refractivity contribution in [1.82, 2.24) is 5.32 Å². The molecule has 0 radical (unpaired) electrons. The fraction of sp³-hybridized carbons (Fsp3) is 0.471. The van der Waals surface area contributed by atoms with Crippen LogP contribution in [0.4, 0.5) is 13.2 Å². The Bertz CT molecular complexity index is 566. The Morgan fingerprint density at radius 1 is 1.33 bits per heavy atom. The summed E-state index contributed by atoms with van der Waals surface area (Å²) in [5.41, 5.74) is 0.792. The Hall–Kier alpha value is -2.02. The van der Waals surface area contributed by atoms with Crippen LogP contribution in [0.15, 0.2) is 30.3 Å². The Labute approximate surface area is 138 Å². The molecule has 0 unspecified atom stereocenters. The largest absolute Gasteiger partial charge is 0.493 e. The second-order valence-corrected chi connectivity index (χ2v) is 5.55. The van der Waals surface area contributed by atoms with E-state index in [1.807, 2.05) is 18.2 Å². The van der Waals surface area contributed by atoms with Gasteiger partial charge in [-0.25, -0.2) is 0 Å². The maximum atomic E-state index is 12.0. The minimum Gasteiger partial charge on any atom is -0.493 e. The Morgan fingerprint density at radius 3 is 2.79 bits per heavy atom. The molecule has 4 nitrogen and oxygen atoms in total. The van der Waals surface area contributed by atoms with Gasteiger partial charge in [0.2, 0.25) is 0 Å². The molecule has 0 aromatic heterocycles. The summed E-state index contributed by atoms with van der Waals surface area (Å²) in [7, 11) is 0. The van der Waals surface area contributed by atoms with E-state index in [1.165, 1.54) is 6.08 Å². The molecule has 1 fully saturated rings. The van der Waals surface area contributed by atoms with Gasteiger partial charge in [0.1, 0.15) is 5.75 Å². The number of hydrogen-bond acceptors (Lipinski definition) is 3. The maximum absolute atomic E-state index is 12.0. The average molecular weight is 343 g/mol. The SMILES string of the molecule is O=C(NCC=Cc1cccc(OCC2CCOCC2)c1)C(F)(F)F. The van der Waals surface area contributed by atoms with Gasteiger partial charge in [0, 0.05) is 19.8 Å². The molecule has 1 aliphatic rings. The van der Waals surface area contributed by atoms with E-state index in [4.69, 9.17) is 9.47 Å². The molecule has 1 aromatic carbocycles. The number of halogens is 3. The second-order valence-electron chi connectivity index (χ2n) is 5.55. The predicted octanol–water partition coefficient (Wildman–Crippen LogP) is 3.18. The summed E-state index contributed by atoms with van der Waals surface area (Å²) >= 11 is 0. The first kappa shape index (κ1) is 18.3. The van der Waals surface area contributed by atoms with Gasteiger partial charge in [-0.3, -0.25) is 4.79 Å². The van der Waals surface area contributed by atoms with Gasteiger partial charge in [0.15, 0.2) is 0 Å². The Balaban J connectivity index is 1.79. The lowest BCUT2D eigenvalue weighted by molar-refractivity contribution is -0.173. The van der Waals surface area contributed by atoms with E-state index >= 15 is 0 Å². The molecule has 132 valence electrons. The first-order valence-electron chi connectivity index (χ1n) is 7.77. The third-order valence-electron chi connectivity index (χ3n) is 3.63. The molecule has 1 saturated heterocycles. The van der Waals surface area contributed by atoms with Gasteiger partial charge in [-0.05, 0) is 36.5 Å². The van der Waals surface area contributed by atoms with Crippen molar-refractivity contribution in [3.05, 3.63) is 35.9 Å². The molecule has 1 amide bonds. The van der Waals surface area contributed by atoms with Gasteiger partial charge >= 0.3 is 12.1 Å². The number of carbonyl (C=O) groups excluding carboxylic acids is 1. The summed E-state index contributed by atoms with van der Waals surface area (Å²) in [6.07, 6.45) is 0.210. The first-order chi connectivity index (χ1) is 11.4. The van der Waals surface area contributed by atoms with Crippen molar-refractivity contribution in [2.24, 2.45) is 5.92 Å². The number of benzene rings is 1. The third-order valence-corrected chi connectivity index (χ3v) is 3.63. The fourth-order valence-electron chi connectivity index (χ4n) is 2.28. The summed E-state index contributed by atoms with van der Waals surface area (Å²) in [4.78, 5) is 10.7. The number of carbonyl (C=O) groups is 1. The molecular weight excluding hydrogens is 323 g/mol. The molecule has 0 spiro atoms. The van der Waals surface area contributed by atoms with E-state index in [1.54, 1.807) is 17.5 Å². The molecule has 2 rings (SSSR count).